The van der Waals surface area contributed by atoms with E-state index in [0.717, 1.165) is 43.1 Å². The fourth-order valence-corrected chi connectivity index (χ4v) is 6.81. The Hall–Kier alpha value is -0.760. The van der Waals surface area contributed by atoms with Gasteiger partial charge in [0.05, 0.1) is 24.2 Å². The molecule has 4 saturated heterocycles. The topological polar surface area (TPSA) is 73.5 Å². The van der Waals surface area contributed by atoms with Crippen LogP contribution in [-0.4, -0.2) is 70.2 Å². The van der Waals surface area contributed by atoms with Gasteiger partial charge in [-0.2, -0.15) is 23.5 Å². The first-order valence-corrected chi connectivity index (χ1v) is 10.3. The Morgan fingerprint density at radius 2 is 1.95 bits per heavy atom. The highest BCUT2D eigenvalue weighted by Gasteiger charge is 2.43. The summed E-state index contributed by atoms with van der Waals surface area (Å²) in [5, 5.41) is 9.62. The number of thioether (sulfide) groups is 2. The Kier molecular flexibility index (Phi) is 4.06. The monoisotopic (exact) mass is 342 g/mol. The van der Waals surface area contributed by atoms with E-state index in [-0.39, 0.29) is 12.1 Å². The number of rotatable bonds is 5. The number of carbonyl (C=O) groups excluding carboxylic acids is 2. The third-order valence-corrected chi connectivity index (χ3v) is 7.78. The highest BCUT2D eigenvalue weighted by atomic mass is 32.2. The number of unbranched alkanes of at least 4 members (excludes halogenated alkanes) is 1. The molecule has 4 fully saturated rings. The zero-order valence-electron chi connectivity index (χ0n) is 12.4. The standard InChI is InChI=1S/C14H22N4O2S2/c19-13-15-9-6-22-11(12(9)17-13)3-1-2-4-18-10-7-21-5-8(10)16-14(18)20/h8-12H,1-7H2,(H,16,20)(H2,15,17,19)/t8-,9+,10+,11+,12+/m1/s1. The summed E-state index contributed by atoms with van der Waals surface area (Å²) >= 11 is 3.90. The molecule has 22 heavy (non-hydrogen) atoms. The van der Waals surface area contributed by atoms with Gasteiger partial charge in [0.15, 0.2) is 0 Å². The molecule has 4 rings (SSSR count). The molecule has 4 amide bonds. The molecule has 8 heteroatoms. The zero-order valence-corrected chi connectivity index (χ0v) is 14.0. The van der Waals surface area contributed by atoms with Crippen molar-refractivity contribution < 1.29 is 9.59 Å². The van der Waals surface area contributed by atoms with E-state index in [2.05, 4.69) is 16.0 Å². The molecular formula is C14H22N4O2S2. The van der Waals surface area contributed by atoms with Gasteiger partial charge in [-0.1, -0.05) is 6.42 Å². The van der Waals surface area contributed by atoms with Crippen LogP contribution in [0.3, 0.4) is 0 Å². The van der Waals surface area contributed by atoms with Crippen molar-refractivity contribution in [2.45, 2.75) is 48.7 Å². The first-order valence-electron chi connectivity index (χ1n) is 8.06. The van der Waals surface area contributed by atoms with Gasteiger partial charge in [-0.05, 0) is 12.8 Å². The molecule has 0 radical (unpaired) electrons. The average Bonchev–Trinajstić information content (AvgIpc) is 3.19. The van der Waals surface area contributed by atoms with Crippen LogP contribution in [0.15, 0.2) is 0 Å². The predicted octanol–water partition coefficient (Wildman–Crippen LogP) is 0.831. The molecule has 0 unspecified atom stereocenters. The largest absolute Gasteiger partial charge is 0.332 e. The summed E-state index contributed by atoms with van der Waals surface area (Å²) in [6, 6.07) is 1.48. The lowest BCUT2D eigenvalue weighted by Crippen LogP contribution is -2.37. The van der Waals surface area contributed by atoms with Crippen LogP contribution in [0.2, 0.25) is 0 Å². The summed E-state index contributed by atoms with van der Waals surface area (Å²) in [6.07, 6.45) is 3.29. The second kappa shape index (κ2) is 6.03. The second-order valence-electron chi connectivity index (χ2n) is 6.47. The van der Waals surface area contributed by atoms with Crippen molar-refractivity contribution in [2.24, 2.45) is 0 Å². The van der Waals surface area contributed by atoms with E-state index in [1.54, 1.807) is 0 Å². The van der Waals surface area contributed by atoms with Crippen LogP contribution < -0.4 is 16.0 Å². The van der Waals surface area contributed by atoms with Gasteiger partial charge in [0.2, 0.25) is 0 Å². The fourth-order valence-electron chi connectivity index (χ4n) is 3.92. The van der Waals surface area contributed by atoms with Crippen molar-refractivity contribution in [3.63, 3.8) is 0 Å². The Labute approximate surface area is 138 Å². The van der Waals surface area contributed by atoms with Crippen molar-refractivity contribution in [1.82, 2.24) is 20.9 Å². The zero-order chi connectivity index (χ0) is 15.1. The number of hydrogen-bond acceptors (Lipinski definition) is 4. The molecule has 0 saturated carbocycles. The molecule has 0 aliphatic carbocycles. The minimum absolute atomic E-state index is 0.0150. The van der Waals surface area contributed by atoms with Gasteiger partial charge in [0, 0.05) is 29.1 Å². The van der Waals surface area contributed by atoms with Gasteiger partial charge in [-0.15, -0.1) is 0 Å². The number of hydrogen-bond donors (Lipinski definition) is 3. The summed E-state index contributed by atoms with van der Waals surface area (Å²) in [5.41, 5.74) is 0. The second-order valence-corrected chi connectivity index (χ2v) is 8.82. The SMILES string of the molecule is O=C1N[C@H]2[C@H](CS[C@H]2CCCCN2C(=O)N[C@@H]3CSC[C@@H]32)N1. The summed E-state index contributed by atoms with van der Waals surface area (Å²) in [4.78, 5) is 25.4. The van der Waals surface area contributed by atoms with Gasteiger partial charge in [-0.3, -0.25) is 0 Å². The molecular weight excluding hydrogens is 320 g/mol. The quantitative estimate of drug-likeness (QED) is 0.511. The fraction of sp³-hybridized carbons (Fsp3) is 0.857. The third-order valence-electron chi connectivity index (χ3n) is 5.10. The predicted molar refractivity (Wildman–Crippen MR) is 89.5 cm³/mol. The molecule has 4 aliphatic heterocycles. The number of urea groups is 2. The van der Waals surface area contributed by atoms with E-state index in [1.165, 1.54) is 0 Å². The van der Waals surface area contributed by atoms with Crippen LogP contribution in [0.4, 0.5) is 9.59 Å². The van der Waals surface area contributed by atoms with E-state index < -0.39 is 0 Å². The number of amides is 4. The third kappa shape index (κ3) is 2.64. The van der Waals surface area contributed by atoms with Crippen molar-refractivity contribution >= 4 is 35.6 Å². The first kappa shape index (κ1) is 14.8. The van der Waals surface area contributed by atoms with E-state index in [4.69, 9.17) is 0 Å². The molecule has 6 nitrogen and oxygen atoms in total. The van der Waals surface area contributed by atoms with Crippen molar-refractivity contribution in [3.8, 4) is 0 Å². The molecule has 0 bridgehead atoms. The minimum Gasteiger partial charge on any atom is -0.332 e. The number of nitrogens with one attached hydrogen (secondary N) is 3. The van der Waals surface area contributed by atoms with Gasteiger partial charge in [0.25, 0.3) is 0 Å². The van der Waals surface area contributed by atoms with E-state index in [0.29, 0.717) is 29.4 Å². The minimum atomic E-state index is -0.0150. The molecule has 4 heterocycles. The summed E-state index contributed by atoms with van der Waals surface area (Å²) < 4.78 is 0. The molecule has 3 N–H and O–H groups in total. The lowest BCUT2D eigenvalue weighted by atomic mass is 10.0. The number of nitrogens with zero attached hydrogens (tertiary/aromatic N) is 1. The lowest BCUT2D eigenvalue weighted by Gasteiger charge is -2.22. The maximum atomic E-state index is 12.0. The number of fused-ring (bicyclic) bond motifs is 2. The Morgan fingerprint density at radius 1 is 1.05 bits per heavy atom. The van der Waals surface area contributed by atoms with Crippen LogP contribution in [0.1, 0.15) is 19.3 Å². The molecule has 4 aliphatic rings. The maximum absolute atomic E-state index is 12.0. The maximum Gasteiger partial charge on any atom is 0.318 e. The molecule has 0 spiro atoms. The van der Waals surface area contributed by atoms with Crippen LogP contribution in [0.25, 0.3) is 0 Å². The molecule has 0 aromatic heterocycles. The van der Waals surface area contributed by atoms with Crippen molar-refractivity contribution in [2.75, 3.05) is 23.8 Å². The molecule has 122 valence electrons. The highest BCUT2D eigenvalue weighted by Crippen LogP contribution is 2.33. The van der Waals surface area contributed by atoms with Crippen molar-refractivity contribution in [3.05, 3.63) is 0 Å². The molecule has 5 atom stereocenters. The van der Waals surface area contributed by atoms with Crippen LogP contribution >= 0.6 is 23.5 Å². The van der Waals surface area contributed by atoms with Gasteiger partial charge >= 0.3 is 12.1 Å². The Morgan fingerprint density at radius 3 is 2.86 bits per heavy atom. The van der Waals surface area contributed by atoms with Crippen LogP contribution in [0, 0.1) is 0 Å². The molecule has 0 aromatic rings. The number of carbonyl (C=O) groups is 2. The average molecular weight is 342 g/mol. The van der Waals surface area contributed by atoms with Crippen LogP contribution in [-0.2, 0) is 0 Å². The van der Waals surface area contributed by atoms with Gasteiger partial charge < -0.3 is 20.9 Å². The summed E-state index contributed by atoms with van der Waals surface area (Å²) in [5.74, 6) is 3.15. The van der Waals surface area contributed by atoms with E-state index in [1.807, 2.05) is 28.4 Å². The van der Waals surface area contributed by atoms with Crippen LogP contribution in [0.5, 0.6) is 0 Å². The van der Waals surface area contributed by atoms with E-state index >= 15 is 0 Å². The first-order chi connectivity index (χ1) is 10.7. The van der Waals surface area contributed by atoms with Gasteiger partial charge in [-0.25, -0.2) is 9.59 Å². The Bertz CT molecular complexity index is 478. The Balaban J connectivity index is 1.21. The highest BCUT2D eigenvalue weighted by molar-refractivity contribution is 8.00. The van der Waals surface area contributed by atoms with Crippen molar-refractivity contribution in [1.29, 1.82) is 0 Å². The van der Waals surface area contributed by atoms with Gasteiger partial charge in [0.1, 0.15) is 0 Å². The summed E-state index contributed by atoms with van der Waals surface area (Å²) in [6.45, 7) is 0.865. The normalized spacial score (nSPS) is 39.5. The lowest BCUT2D eigenvalue weighted by molar-refractivity contribution is 0.205. The van der Waals surface area contributed by atoms with E-state index in [9.17, 15) is 9.59 Å². The summed E-state index contributed by atoms with van der Waals surface area (Å²) in [7, 11) is 0. The molecule has 0 aromatic carbocycles. The smallest absolute Gasteiger partial charge is 0.318 e.